The van der Waals surface area contributed by atoms with Gasteiger partial charge in [-0.15, -0.1) is 0 Å². The van der Waals surface area contributed by atoms with Crippen molar-refractivity contribution in [2.24, 2.45) is 17.6 Å². The van der Waals surface area contributed by atoms with Crippen molar-refractivity contribution in [3.8, 4) is 0 Å². The summed E-state index contributed by atoms with van der Waals surface area (Å²) in [6.07, 6.45) is 4.25. The summed E-state index contributed by atoms with van der Waals surface area (Å²) >= 11 is 0. The van der Waals surface area contributed by atoms with Crippen LogP contribution in [0.15, 0.2) is 18.3 Å². The highest BCUT2D eigenvalue weighted by Crippen LogP contribution is 2.26. The van der Waals surface area contributed by atoms with Gasteiger partial charge in [0.25, 0.3) is 0 Å². The van der Waals surface area contributed by atoms with E-state index in [2.05, 4.69) is 42.8 Å². The maximum Gasteiger partial charge on any atom is 0.0572 e. The fourth-order valence-corrected chi connectivity index (χ4v) is 2.89. The number of hydrogen-bond acceptors (Lipinski definition) is 3. The molecule has 2 heterocycles. The van der Waals surface area contributed by atoms with Crippen LogP contribution >= 0.6 is 0 Å². The first-order valence-corrected chi connectivity index (χ1v) is 7.06. The van der Waals surface area contributed by atoms with E-state index in [-0.39, 0.29) is 6.04 Å². The standard InChI is InChI=1S/C15H25N3/c1-4-14(16)15-6-5-13(8-17-15)18-9-11(2)7-12(3)10-18/h5-6,8,11-12,14H,4,7,9-10,16H2,1-3H3/t11?,12?,14-/m1/s1. The summed E-state index contributed by atoms with van der Waals surface area (Å²) in [4.78, 5) is 6.96. The van der Waals surface area contributed by atoms with Gasteiger partial charge in [-0.1, -0.05) is 20.8 Å². The van der Waals surface area contributed by atoms with Gasteiger partial charge in [0, 0.05) is 19.1 Å². The van der Waals surface area contributed by atoms with E-state index in [1.165, 1.54) is 12.1 Å². The van der Waals surface area contributed by atoms with Crippen LogP contribution in [0.25, 0.3) is 0 Å². The molecule has 3 heteroatoms. The second-order valence-corrected chi connectivity index (χ2v) is 5.81. The number of aromatic nitrogens is 1. The molecule has 18 heavy (non-hydrogen) atoms. The van der Waals surface area contributed by atoms with E-state index in [4.69, 9.17) is 5.73 Å². The van der Waals surface area contributed by atoms with Gasteiger partial charge in [-0.25, -0.2) is 0 Å². The number of hydrogen-bond donors (Lipinski definition) is 1. The van der Waals surface area contributed by atoms with Crippen LogP contribution in [-0.2, 0) is 0 Å². The van der Waals surface area contributed by atoms with Gasteiger partial charge in [-0.3, -0.25) is 4.98 Å². The van der Waals surface area contributed by atoms with Gasteiger partial charge in [0.15, 0.2) is 0 Å². The van der Waals surface area contributed by atoms with E-state index < -0.39 is 0 Å². The van der Waals surface area contributed by atoms with Crippen LogP contribution in [-0.4, -0.2) is 18.1 Å². The molecule has 0 aliphatic carbocycles. The molecule has 0 amide bonds. The smallest absolute Gasteiger partial charge is 0.0572 e. The van der Waals surface area contributed by atoms with Crippen molar-refractivity contribution in [2.75, 3.05) is 18.0 Å². The fraction of sp³-hybridized carbons (Fsp3) is 0.667. The van der Waals surface area contributed by atoms with E-state index in [1.807, 2.05) is 6.20 Å². The van der Waals surface area contributed by atoms with Crippen molar-refractivity contribution in [1.29, 1.82) is 0 Å². The zero-order valence-electron chi connectivity index (χ0n) is 11.8. The molecule has 1 aromatic heterocycles. The second kappa shape index (κ2) is 5.70. The van der Waals surface area contributed by atoms with E-state index in [0.717, 1.165) is 37.0 Å². The van der Waals surface area contributed by atoms with Crippen LogP contribution in [0.1, 0.15) is 45.3 Å². The second-order valence-electron chi connectivity index (χ2n) is 5.81. The van der Waals surface area contributed by atoms with Gasteiger partial charge in [-0.2, -0.15) is 0 Å². The third kappa shape index (κ3) is 3.02. The molecular formula is C15H25N3. The van der Waals surface area contributed by atoms with Crippen LogP contribution in [0.2, 0.25) is 0 Å². The third-order valence-corrected chi connectivity index (χ3v) is 3.82. The Bertz CT molecular complexity index is 364. The highest BCUT2D eigenvalue weighted by atomic mass is 15.1. The summed E-state index contributed by atoms with van der Waals surface area (Å²) in [6, 6.07) is 4.31. The molecular weight excluding hydrogens is 222 g/mol. The Labute approximate surface area is 110 Å². The van der Waals surface area contributed by atoms with E-state index in [0.29, 0.717) is 0 Å². The van der Waals surface area contributed by atoms with Gasteiger partial charge in [0.1, 0.15) is 0 Å². The van der Waals surface area contributed by atoms with Gasteiger partial charge < -0.3 is 10.6 Å². The summed E-state index contributed by atoms with van der Waals surface area (Å²) in [5.74, 6) is 1.54. The summed E-state index contributed by atoms with van der Waals surface area (Å²) in [5, 5.41) is 0. The average Bonchev–Trinajstić information content (AvgIpc) is 2.37. The van der Waals surface area contributed by atoms with Crippen LogP contribution in [0, 0.1) is 11.8 Å². The summed E-state index contributed by atoms with van der Waals surface area (Å²) in [6.45, 7) is 9.04. The zero-order chi connectivity index (χ0) is 13.1. The lowest BCUT2D eigenvalue weighted by atomic mass is 9.91. The van der Waals surface area contributed by atoms with Crippen molar-refractivity contribution in [3.05, 3.63) is 24.0 Å². The number of anilines is 1. The minimum absolute atomic E-state index is 0.0678. The topological polar surface area (TPSA) is 42.1 Å². The highest BCUT2D eigenvalue weighted by molar-refractivity contribution is 5.45. The van der Waals surface area contributed by atoms with Crippen LogP contribution in [0.4, 0.5) is 5.69 Å². The lowest BCUT2D eigenvalue weighted by Gasteiger charge is -2.36. The number of rotatable bonds is 3. The SMILES string of the molecule is CC[C@@H](N)c1ccc(N2CC(C)CC(C)C2)cn1. The zero-order valence-corrected chi connectivity index (χ0v) is 11.8. The Kier molecular flexibility index (Phi) is 4.23. The Balaban J connectivity index is 2.09. The first-order valence-electron chi connectivity index (χ1n) is 7.06. The summed E-state index contributed by atoms with van der Waals surface area (Å²) in [7, 11) is 0. The first-order chi connectivity index (χ1) is 8.60. The van der Waals surface area contributed by atoms with Crippen molar-refractivity contribution in [2.45, 2.75) is 39.7 Å². The Morgan fingerprint density at radius 1 is 1.33 bits per heavy atom. The van der Waals surface area contributed by atoms with Crippen LogP contribution < -0.4 is 10.6 Å². The number of nitrogens with two attached hydrogens (primary N) is 1. The molecule has 0 radical (unpaired) electrons. The maximum absolute atomic E-state index is 5.99. The average molecular weight is 247 g/mol. The van der Waals surface area contributed by atoms with Crippen molar-refractivity contribution in [3.63, 3.8) is 0 Å². The lowest BCUT2D eigenvalue weighted by Crippen LogP contribution is -2.38. The van der Waals surface area contributed by atoms with Crippen LogP contribution in [0.3, 0.4) is 0 Å². The quantitative estimate of drug-likeness (QED) is 0.893. The Hall–Kier alpha value is -1.09. The lowest BCUT2D eigenvalue weighted by molar-refractivity contribution is 0.356. The summed E-state index contributed by atoms with van der Waals surface area (Å²) in [5.41, 5.74) is 8.23. The Morgan fingerprint density at radius 3 is 2.50 bits per heavy atom. The normalized spacial score (nSPS) is 26.1. The molecule has 2 unspecified atom stereocenters. The molecule has 0 aromatic carbocycles. The summed E-state index contributed by atoms with van der Waals surface area (Å²) < 4.78 is 0. The van der Waals surface area contributed by atoms with Crippen molar-refractivity contribution in [1.82, 2.24) is 4.98 Å². The largest absolute Gasteiger partial charge is 0.370 e. The molecule has 0 spiro atoms. The molecule has 2 N–H and O–H groups in total. The maximum atomic E-state index is 5.99. The predicted octanol–water partition coefficient (Wildman–Crippen LogP) is 2.97. The molecule has 1 aliphatic heterocycles. The molecule has 3 atom stereocenters. The monoisotopic (exact) mass is 247 g/mol. The Morgan fingerprint density at radius 2 is 2.00 bits per heavy atom. The number of piperidine rings is 1. The van der Waals surface area contributed by atoms with Gasteiger partial charge in [0.05, 0.1) is 17.6 Å². The molecule has 1 aromatic rings. The molecule has 100 valence electrons. The van der Waals surface area contributed by atoms with Crippen molar-refractivity contribution < 1.29 is 0 Å². The predicted molar refractivity (Wildman–Crippen MR) is 76.6 cm³/mol. The fourth-order valence-electron chi connectivity index (χ4n) is 2.89. The molecule has 2 rings (SSSR count). The number of nitrogens with zero attached hydrogens (tertiary/aromatic N) is 2. The van der Waals surface area contributed by atoms with Gasteiger partial charge >= 0.3 is 0 Å². The minimum Gasteiger partial charge on any atom is -0.370 e. The number of pyridine rings is 1. The highest BCUT2D eigenvalue weighted by Gasteiger charge is 2.22. The van der Waals surface area contributed by atoms with Gasteiger partial charge in [0.2, 0.25) is 0 Å². The molecule has 3 nitrogen and oxygen atoms in total. The third-order valence-electron chi connectivity index (χ3n) is 3.82. The van der Waals surface area contributed by atoms with E-state index in [1.54, 1.807) is 0 Å². The minimum atomic E-state index is 0.0678. The van der Waals surface area contributed by atoms with Crippen LogP contribution in [0.5, 0.6) is 0 Å². The molecule has 0 bridgehead atoms. The van der Waals surface area contributed by atoms with E-state index in [9.17, 15) is 0 Å². The first kappa shape index (κ1) is 13.3. The molecule has 1 fully saturated rings. The van der Waals surface area contributed by atoms with Gasteiger partial charge in [-0.05, 0) is 36.8 Å². The molecule has 1 aliphatic rings. The van der Waals surface area contributed by atoms with E-state index >= 15 is 0 Å². The van der Waals surface area contributed by atoms with Crippen molar-refractivity contribution >= 4 is 5.69 Å². The molecule has 0 saturated carbocycles. The molecule has 1 saturated heterocycles.